The lowest BCUT2D eigenvalue weighted by atomic mass is 10.0. The quantitative estimate of drug-likeness (QED) is 0.327. The first-order valence-electron chi connectivity index (χ1n) is 8.85. The lowest BCUT2D eigenvalue weighted by Gasteiger charge is -2.35. The molecule has 0 aliphatic carbocycles. The first-order valence-corrected chi connectivity index (χ1v) is 8.85. The second-order valence-electron chi connectivity index (χ2n) is 7.24. The van der Waals surface area contributed by atoms with Crippen molar-refractivity contribution in [2.45, 2.75) is 65.0 Å². The fourth-order valence-electron chi connectivity index (χ4n) is 2.98. The number of likely N-dealkylation sites (tertiary alicyclic amines) is 1. The standard InChI is InChI=1S/C17H35N5O.HI/c1-6-14-9-7-8-11-22(14)12-10-19-16(18-5)20-13-15(23)21-17(2,3)4;/h14H,6-13H2,1-5H3,(H,21,23)(H2,18,19,20);1H. The summed E-state index contributed by atoms with van der Waals surface area (Å²) < 4.78 is 0. The Bertz CT molecular complexity index is 395. The van der Waals surface area contributed by atoms with Crippen LogP contribution in [0.15, 0.2) is 4.99 Å². The van der Waals surface area contributed by atoms with Crippen molar-refractivity contribution in [1.29, 1.82) is 0 Å². The number of nitrogens with one attached hydrogen (secondary N) is 3. The predicted molar refractivity (Wildman–Crippen MR) is 112 cm³/mol. The first-order chi connectivity index (χ1) is 10.9. The van der Waals surface area contributed by atoms with E-state index in [1.54, 1.807) is 7.05 Å². The van der Waals surface area contributed by atoms with Crippen LogP contribution in [0.2, 0.25) is 0 Å². The van der Waals surface area contributed by atoms with E-state index in [1.807, 2.05) is 20.8 Å². The Kier molecular flexibility index (Phi) is 11.6. The molecule has 1 aliphatic heterocycles. The van der Waals surface area contributed by atoms with Crippen LogP contribution in [0.4, 0.5) is 0 Å². The molecule has 0 aromatic rings. The van der Waals surface area contributed by atoms with Gasteiger partial charge in [-0.15, -0.1) is 24.0 Å². The third-order valence-corrected chi connectivity index (χ3v) is 4.07. The summed E-state index contributed by atoms with van der Waals surface area (Å²) in [5.41, 5.74) is -0.209. The summed E-state index contributed by atoms with van der Waals surface area (Å²) in [4.78, 5) is 18.6. The van der Waals surface area contributed by atoms with Crippen LogP contribution in [0, 0.1) is 0 Å². The molecule has 0 aromatic carbocycles. The molecular formula is C17H36IN5O. The van der Waals surface area contributed by atoms with E-state index < -0.39 is 0 Å². The summed E-state index contributed by atoms with van der Waals surface area (Å²) in [6.45, 7) is 11.5. The number of piperidine rings is 1. The highest BCUT2D eigenvalue weighted by molar-refractivity contribution is 14.0. The number of amides is 1. The van der Waals surface area contributed by atoms with E-state index in [2.05, 4.69) is 32.8 Å². The van der Waals surface area contributed by atoms with Gasteiger partial charge in [-0.05, 0) is 46.6 Å². The molecule has 1 aliphatic rings. The summed E-state index contributed by atoms with van der Waals surface area (Å²) in [6.07, 6.45) is 5.20. The SMILES string of the molecule is CCC1CCCCN1CCNC(=NC)NCC(=O)NC(C)(C)C.I. The van der Waals surface area contributed by atoms with Crippen LogP contribution in [-0.2, 0) is 4.79 Å². The van der Waals surface area contributed by atoms with Crippen LogP contribution < -0.4 is 16.0 Å². The molecule has 0 aromatic heterocycles. The molecule has 142 valence electrons. The monoisotopic (exact) mass is 453 g/mol. The minimum atomic E-state index is -0.209. The summed E-state index contributed by atoms with van der Waals surface area (Å²) >= 11 is 0. The van der Waals surface area contributed by atoms with E-state index in [1.165, 1.54) is 32.2 Å². The van der Waals surface area contributed by atoms with Crippen molar-refractivity contribution in [2.75, 3.05) is 33.2 Å². The Hall–Kier alpha value is -0.570. The molecule has 1 fully saturated rings. The number of guanidine groups is 1. The van der Waals surface area contributed by atoms with Crippen molar-refractivity contribution < 1.29 is 4.79 Å². The molecule has 0 radical (unpaired) electrons. The number of hydrogen-bond acceptors (Lipinski definition) is 3. The van der Waals surface area contributed by atoms with Crippen molar-refractivity contribution in [1.82, 2.24) is 20.9 Å². The number of rotatable bonds is 6. The summed E-state index contributed by atoms with van der Waals surface area (Å²) in [6, 6.07) is 0.720. The van der Waals surface area contributed by atoms with Gasteiger partial charge in [0.05, 0.1) is 6.54 Å². The van der Waals surface area contributed by atoms with Crippen molar-refractivity contribution in [2.24, 2.45) is 4.99 Å². The highest BCUT2D eigenvalue weighted by Crippen LogP contribution is 2.18. The molecule has 1 saturated heterocycles. The van der Waals surface area contributed by atoms with Crippen LogP contribution in [0.1, 0.15) is 53.4 Å². The molecular weight excluding hydrogens is 417 g/mol. The molecule has 0 saturated carbocycles. The third kappa shape index (κ3) is 9.66. The van der Waals surface area contributed by atoms with Crippen molar-refractivity contribution in [3.05, 3.63) is 0 Å². The Morgan fingerprint density at radius 1 is 1.25 bits per heavy atom. The van der Waals surface area contributed by atoms with Gasteiger partial charge in [-0.3, -0.25) is 14.7 Å². The molecule has 1 rings (SSSR count). The highest BCUT2D eigenvalue weighted by Gasteiger charge is 2.20. The van der Waals surface area contributed by atoms with Crippen LogP contribution in [0.25, 0.3) is 0 Å². The summed E-state index contributed by atoms with van der Waals surface area (Å²) in [5.74, 6) is 0.654. The zero-order valence-corrected chi connectivity index (χ0v) is 18.3. The number of carbonyl (C=O) groups excluding carboxylic acids is 1. The normalized spacial score (nSPS) is 19.4. The van der Waals surface area contributed by atoms with Gasteiger partial charge in [-0.1, -0.05) is 13.3 Å². The number of halogens is 1. The molecule has 1 unspecified atom stereocenters. The van der Waals surface area contributed by atoms with E-state index in [9.17, 15) is 4.79 Å². The van der Waals surface area contributed by atoms with Crippen LogP contribution in [-0.4, -0.2) is 61.6 Å². The van der Waals surface area contributed by atoms with Gasteiger partial charge in [0.25, 0.3) is 0 Å². The molecule has 24 heavy (non-hydrogen) atoms. The third-order valence-electron chi connectivity index (χ3n) is 4.07. The van der Waals surface area contributed by atoms with Crippen molar-refractivity contribution >= 4 is 35.8 Å². The fourth-order valence-corrected chi connectivity index (χ4v) is 2.98. The molecule has 0 spiro atoms. The smallest absolute Gasteiger partial charge is 0.239 e. The Balaban J connectivity index is 0.00000529. The summed E-state index contributed by atoms with van der Waals surface area (Å²) in [7, 11) is 1.73. The Morgan fingerprint density at radius 3 is 2.54 bits per heavy atom. The first kappa shape index (κ1) is 23.4. The van der Waals surface area contributed by atoms with E-state index in [-0.39, 0.29) is 42.0 Å². The number of carbonyl (C=O) groups is 1. The van der Waals surface area contributed by atoms with E-state index in [4.69, 9.17) is 0 Å². The van der Waals surface area contributed by atoms with E-state index in [0.717, 1.165) is 19.1 Å². The maximum atomic E-state index is 11.8. The van der Waals surface area contributed by atoms with E-state index in [0.29, 0.717) is 5.96 Å². The van der Waals surface area contributed by atoms with Gasteiger partial charge in [-0.2, -0.15) is 0 Å². The number of hydrogen-bond donors (Lipinski definition) is 3. The molecule has 1 amide bonds. The molecule has 6 nitrogen and oxygen atoms in total. The maximum absolute atomic E-state index is 11.8. The van der Waals surface area contributed by atoms with Gasteiger partial charge in [0.15, 0.2) is 5.96 Å². The topological polar surface area (TPSA) is 68.8 Å². The summed E-state index contributed by atoms with van der Waals surface area (Å²) in [5, 5.41) is 9.29. The van der Waals surface area contributed by atoms with Crippen LogP contribution in [0.5, 0.6) is 0 Å². The molecule has 1 heterocycles. The lowest BCUT2D eigenvalue weighted by molar-refractivity contribution is -0.121. The van der Waals surface area contributed by atoms with Gasteiger partial charge in [-0.25, -0.2) is 0 Å². The Labute approximate surface area is 164 Å². The van der Waals surface area contributed by atoms with E-state index >= 15 is 0 Å². The zero-order chi connectivity index (χ0) is 17.3. The van der Waals surface area contributed by atoms with Gasteiger partial charge in [0.1, 0.15) is 0 Å². The zero-order valence-electron chi connectivity index (χ0n) is 15.9. The maximum Gasteiger partial charge on any atom is 0.239 e. The van der Waals surface area contributed by atoms with Crippen LogP contribution in [0.3, 0.4) is 0 Å². The van der Waals surface area contributed by atoms with Crippen LogP contribution >= 0.6 is 24.0 Å². The minimum Gasteiger partial charge on any atom is -0.355 e. The van der Waals surface area contributed by atoms with Gasteiger partial charge in [0.2, 0.25) is 5.91 Å². The molecule has 3 N–H and O–H groups in total. The minimum absolute atomic E-state index is 0. The van der Waals surface area contributed by atoms with Crippen molar-refractivity contribution in [3.8, 4) is 0 Å². The largest absolute Gasteiger partial charge is 0.355 e. The van der Waals surface area contributed by atoms with Gasteiger partial charge < -0.3 is 16.0 Å². The predicted octanol–water partition coefficient (Wildman–Crippen LogP) is 1.95. The number of nitrogens with zero attached hydrogens (tertiary/aromatic N) is 2. The average Bonchev–Trinajstić information content (AvgIpc) is 2.49. The van der Waals surface area contributed by atoms with Crippen molar-refractivity contribution in [3.63, 3.8) is 0 Å². The second kappa shape index (κ2) is 11.9. The molecule has 1 atom stereocenters. The number of aliphatic imine (C=N–C) groups is 1. The highest BCUT2D eigenvalue weighted by atomic mass is 127. The molecule has 7 heteroatoms. The fraction of sp³-hybridized carbons (Fsp3) is 0.882. The van der Waals surface area contributed by atoms with Gasteiger partial charge in [0, 0.05) is 31.7 Å². The van der Waals surface area contributed by atoms with Gasteiger partial charge >= 0.3 is 0 Å². The lowest BCUT2D eigenvalue weighted by Crippen LogP contribution is -2.49. The second-order valence-corrected chi connectivity index (χ2v) is 7.24. The Morgan fingerprint density at radius 2 is 1.96 bits per heavy atom. The molecule has 0 bridgehead atoms. The average molecular weight is 453 g/mol.